The van der Waals surface area contributed by atoms with Crippen LogP contribution in [0.5, 0.6) is 0 Å². The fourth-order valence-electron chi connectivity index (χ4n) is 1.48. The largest absolute Gasteiger partial charge is 0.333 e. The maximum absolute atomic E-state index is 10.5. The Kier molecular flexibility index (Phi) is 2.75. The minimum atomic E-state index is -3.74. The molecule has 1 rings (SSSR count). The van der Waals surface area contributed by atoms with Gasteiger partial charge in [-0.05, 0) is 24.7 Å². The van der Waals surface area contributed by atoms with Gasteiger partial charge in [-0.25, -0.2) is 5.14 Å². The molecule has 4 nitrogen and oxygen atoms in total. The first kappa shape index (κ1) is 9.95. The van der Waals surface area contributed by atoms with Crippen molar-refractivity contribution in [2.24, 2.45) is 10.6 Å². The summed E-state index contributed by atoms with van der Waals surface area (Å²) in [7, 11) is -3.74. The molecule has 0 amide bonds. The van der Waals surface area contributed by atoms with Crippen LogP contribution in [0.4, 0.5) is 0 Å². The highest BCUT2D eigenvalue weighted by atomic mass is 32.2. The predicted octanol–water partition coefficient (Wildman–Crippen LogP) is 0.787. The minimum Gasteiger partial charge on any atom is -0.258 e. The van der Waals surface area contributed by atoms with Crippen molar-refractivity contribution in [2.75, 3.05) is 6.61 Å². The molecule has 0 saturated heterocycles. The van der Waals surface area contributed by atoms with Gasteiger partial charge in [0.25, 0.3) is 0 Å². The Morgan fingerprint density at radius 2 is 2.08 bits per heavy atom. The van der Waals surface area contributed by atoms with Crippen molar-refractivity contribution in [2.45, 2.75) is 32.6 Å². The Labute approximate surface area is 73.3 Å². The summed E-state index contributed by atoms with van der Waals surface area (Å²) in [5.41, 5.74) is 0.0897. The van der Waals surface area contributed by atoms with E-state index in [1.807, 2.05) is 6.92 Å². The highest BCUT2D eigenvalue weighted by molar-refractivity contribution is 7.84. The Morgan fingerprint density at radius 1 is 1.50 bits per heavy atom. The molecule has 1 aliphatic rings. The van der Waals surface area contributed by atoms with Crippen molar-refractivity contribution >= 4 is 10.3 Å². The van der Waals surface area contributed by atoms with Crippen molar-refractivity contribution in [3.8, 4) is 0 Å². The van der Waals surface area contributed by atoms with Crippen molar-refractivity contribution < 1.29 is 12.6 Å². The standard InChI is InChI=1S/C7H15NO3S/c1-2-7(4-3-5-7)6-11-12(8,9)10/h2-6H2,1H3,(H2,8,9,10). The van der Waals surface area contributed by atoms with Gasteiger partial charge in [0.2, 0.25) is 0 Å². The molecule has 0 bridgehead atoms. The van der Waals surface area contributed by atoms with E-state index in [4.69, 9.17) is 5.14 Å². The molecule has 0 aromatic rings. The van der Waals surface area contributed by atoms with Gasteiger partial charge in [-0.1, -0.05) is 13.3 Å². The second kappa shape index (κ2) is 3.32. The predicted molar refractivity (Wildman–Crippen MR) is 45.6 cm³/mol. The van der Waals surface area contributed by atoms with Crippen LogP contribution in [0.25, 0.3) is 0 Å². The minimum absolute atomic E-state index is 0.0897. The third-order valence-corrected chi connectivity index (χ3v) is 3.14. The molecule has 2 N–H and O–H groups in total. The van der Waals surface area contributed by atoms with Gasteiger partial charge in [0, 0.05) is 0 Å². The van der Waals surface area contributed by atoms with Crippen LogP contribution in [-0.4, -0.2) is 15.0 Å². The van der Waals surface area contributed by atoms with Crippen LogP contribution in [0.1, 0.15) is 32.6 Å². The summed E-state index contributed by atoms with van der Waals surface area (Å²) >= 11 is 0. The zero-order chi connectivity index (χ0) is 9.24. The van der Waals surface area contributed by atoms with Gasteiger partial charge < -0.3 is 0 Å². The summed E-state index contributed by atoms with van der Waals surface area (Å²) in [6.07, 6.45) is 4.24. The second-order valence-corrected chi connectivity index (χ2v) is 4.68. The molecule has 5 heteroatoms. The highest BCUT2D eigenvalue weighted by Crippen LogP contribution is 2.43. The van der Waals surface area contributed by atoms with Gasteiger partial charge in [0.05, 0.1) is 6.61 Å². The van der Waals surface area contributed by atoms with Crippen molar-refractivity contribution in [3.05, 3.63) is 0 Å². The van der Waals surface area contributed by atoms with Crippen LogP contribution in [0, 0.1) is 5.41 Å². The Hall–Kier alpha value is -0.130. The zero-order valence-corrected chi connectivity index (χ0v) is 8.06. The molecule has 0 unspecified atom stereocenters. The molecule has 0 radical (unpaired) electrons. The number of hydrogen-bond acceptors (Lipinski definition) is 3. The molecule has 12 heavy (non-hydrogen) atoms. The fraction of sp³-hybridized carbons (Fsp3) is 1.00. The first-order chi connectivity index (χ1) is 5.47. The summed E-state index contributed by atoms with van der Waals surface area (Å²) in [6, 6.07) is 0. The third kappa shape index (κ3) is 2.43. The molecular formula is C7H15NO3S. The lowest BCUT2D eigenvalue weighted by atomic mass is 9.68. The lowest BCUT2D eigenvalue weighted by molar-refractivity contribution is 0.0570. The molecule has 1 aliphatic carbocycles. The summed E-state index contributed by atoms with van der Waals surface area (Å²) in [4.78, 5) is 0. The molecule has 1 saturated carbocycles. The van der Waals surface area contributed by atoms with Crippen LogP contribution in [0.3, 0.4) is 0 Å². The van der Waals surface area contributed by atoms with E-state index in [-0.39, 0.29) is 12.0 Å². The number of hydrogen-bond donors (Lipinski definition) is 1. The number of rotatable bonds is 4. The lowest BCUT2D eigenvalue weighted by Gasteiger charge is -2.40. The van der Waals surface area contributed by atoms with E-state index >= 15 is 0 Å². The average Bonchev–Trinajstić information content (AvgIpc) is 1.84. The summed E-state index contributed by atoms with van der Waals surface area (Å²) < 4.78 is 25.6. The first-order valence-corrected chi connectivity index (χ1v) is 5.62. The Morgan fingerprint density at radius 3 is 2.33 bits per heavy atom. The molecule has 0 aromatic carbocycles. The maximum Gasteiger partial charge on any atom is 0.333 e. The Bertz CT molecular complexity index is 238. The fourth-order valence-corrected chi connectivity index (χ4v) is 1.90. The van der Waals surface area contributed by atoms with Gasteiger partial charge in [-0.2, -0.15) is 8.42 Å². The van der Waals surface area contributed by atoms with E-state index in [0.29, 0.717) is 0 Å². The van der Waals surface area contributed by atoms with Gasteiger partial charge in [-0.15, -0.1) is 0 Å². The van der Waals surface area contributed by atoms with Crippen LogP contribution in [0.15, 0.2) is 0 Å². The summed E-state index contributed by atoms with van der Waals surface area (Å²) in [5.74, 6) is 0. The van der Waals surface area contributed by atoms with E-state index in [9.17, 15) is 8.42 Å². The molecule has 0 heterocycles. The summed E-state index contributed by atoms with van der Waals surface area (Å²) in [5, 5.41) is 4.73. The van der Waals surface area contributed by atoms with E-state index in [2.05, 4.69) is 4.18 Å². The topological polar surface area (TPSA) is 69.4 Å². The smallest absolute Gasteiger partial charge is 0.258 e. The zero-order valence-electron chi connectivity index (χ0n) is 7.25. The lowest BCUT2D eigenvalue weighted by Crippen LogP contribution is -2.35. The molecular weight excluding hydrogens is 178 g/mol. The van der Waals surface area contributed by atoms with Crippen LogP contribution in [-0.2, 0) is 14.5 Å². The van der Waals surface area contributed by atoms with Crippen LogP contribution >= 0.6 is 0 Å². The van der Waals surface area contributed by atoms with Crippen molar-refractivity contribution in [1.29, 1.82) is 0 Å². The van der Waals surface area contributed by atoms with Gasteiger partial charge >= 0.3 is 10.3 Å². The monoisotopic (exact) mass is 193 g/mol. The molecule has 0 aromatic heterocycles. The highest BCUT2D eigenvalue weighted by Gasteiger charge is 2.36. The van der Waals surface area contributed by atoms with Crippen molar-refractivity contribution in [1.82, 2.24) is 0 Å². The molecule has 1 fully saturated rings. The van der Waals surface area contributed by atoms with Crippen LogP contribution < -0.4 is 5.14 Å². The van der Waals surface area contributed by atoms with Gasteiger partial charge in [0.1, 0.15) is 0 Å². The van der Waals surface area contributed by atoms with E-state index in [0.717, 1.165) is 19.3 Å². The first-order valence-electron chi connectivity index (χ1n) is 4.15. The molecule has 72 valence electrons. The number of nitrogens with two attached hydrogens (primary N) is 1. The normalized spacial score (nSPS) is 21.8. The van der Waals surface area contributed by atoms with E-state index in [1.54, 1.807) is 0 Å². The maximum atomic E-state index is 10.5. The van der Waals surface area contributed by atoms with Crippen LogP contribution in [0.2, 0.25) is 0 Å². The third-order valence-electron chi connectivity index (χ3n) is 2.69. The van der Waals surface area contributed by atoms with E-state index in [1.165, 1.54) is 6.42 Å². The average molecular weight is 193 g/mol. The second-order valence-electron chi connectivity index (χ2n) is 3.46. The van der Waals surface area contributed by atoms with E-state index < -0.39 is 10.3 Å². The Balaban J connectivity index is 2.40. The molecule has 0 spiro atoms. The summed E-state index contributed by atoms with van der Waals surface area (Å²) in [6.45, 7) is 2.30. The van der Waals surface area contributed by atoms with Crippen molar-refractivity contribution in [3.63, 3.8) is 0 Å². The molecule has 0 aliphatic heterocycles. The molecule has 0 atom stereocenters. The quantitative estimate of drug-likeness (QED) is 0.717. The van der Waals surface area contributed by atoms with Gasteiger partial charge in [0.15, 0.2) is 0 Å². The SMILES string of the molecule is CCC1(COS(N)(=O)=O)CCC1. The van der Waals surface area contributed by atoms with Gasteiger partial charge in [-0.3, -0.25) is 4.18 Å².